The zero-order valence-electron chi connectivity index (χ0n) is 15.5. The summed E-state index contributed by atoms with van der Waals surface area (Å²) in [5.41, 5.74) is 2.47. The normalized spacial score (nSPS) is 16.3. The average molecular weight is 390 g/mol. The number of carbonyl (C=O) groups is 1. The van der Waals surface area contributed by atoms with Crippen molar-refractivity contribution in [2.24, 2.45) is 0 Å². The molecule has 0 radical (unpaired) electrons. The molecule has 2 aromatic rings. The van der Waals surface area contributed by atoms with Gasteiger partial charge in [-0.25, -0.2) is 12.8 Å². The lowest BCUT2D eigenvalue weighted by atomic mass is 10.1. The lowest BCUT2D eigenvalue weighted by Crippen LogP contribution is -2.45. The maximum absolute atomic E-state index is 13.4. The van der Waals surface area contributed by atoms with Gasteiger partial charge in [0.1, 0.15) is 12.4 Å². The van der Waals surface area contributed by atoms with E-state index in [0.29, 0.717) is 18.4 Å². The second kappa shape index (κ2) is 7.43. The van der Waals surface area contributed by atoms with Crippen LogP contribution in [0.25, 0.3) is 0 Å². The van der Waals surface area contributed by atoms with Crippen LogP contribution in [0.2, 0.25) is 0 Å². The fraction of sp³-hybridized carbons (Fsp3) is 0.381. The molecular weight excluding hydrogens is 367 g/mol. The molecule has 6 heteroatoms. The number of halogens is 1. The fourth-order valence-electron chi connectivity index (χ4n) is 3.50. The minimum absolute atomic E-state index is 0.0801. The van der Waals surface area contributed by atoms with Gasteiger partial charge >= 0.3 is 5.97 Å². The third kappa shape index (κ3) is 3.63. The van der Waals surface area contributed by atoms with Gasteiger partial charge in [-0.15, -0.1) is 0 Å². The molecular formula is C21H23FO4S. The summed E-state index contributed by atoms with van der Waals surface area (Å²) in [5.74, 6) is -1.10. The highest BCUT2D eigenvalue weighted by Crippen LogP contribution is 2.42. The first kappa shape index (κ1) is 19.5. The van der Waals surface area contributed by atoms with Crippen LogP contribution in [0.3, 0.4) is 0 Å². The predicted octanol–water partition coefficient (Wildman–Crippen LogP) is 4.27. The van der Waals surface area contributed by atoms with Crippen molar-refractivity contribution >= 4 is 15.8 Å². The molecule has 0 heterocycles. The fourth-order valence-corrected chi connectivity index (χ4v) is 5.63. The molecule has 0 N–H and O–H groups in total. The number of benzene rings is 2. The van der Waals surface area contributed by atoms with Crippen LogP contribution in [-0.2, 0) is 26.0 Å². The highest BCUT2D eigenvalue weighted by atomic mass is 32.2. The van der Waals surface area contributed by atoms with E-state index in [1.165, 1.54) is 24.3 Å². The Balaban J connectivity index is 1.88. The van der Waals surface area contributed by atoms with E-state index in [9.17, 15) is 17.6 Å². The smallest absolute Gasteiger partial charge is 0.328 e. The predicted molar refractivity (Wildman–Crippen MR) is 100 cm³/mol. The Morgan fingerprint density at radius 2 is 1.67 bits per heavy atom. The van der Waals surface area contributed by atoms with Crippen molar-refractivity contribution < 1.29 is 22.3 Å². The lowest BCUT2D eigenvalue weighted by molar-refractivity contribution is -0.148. The second-order valence-corrected chi connectivity index (χ2v) is 9.41. The maximum Gasteiger partial charge on any atom is 0.328 e. The Morgan fingerprint density at radius 1 is 1.04 bits per heavy atom. The lowest BCUT2D eigenvalue weighted by Gasteiger charge is -2.27. The second-order valence-electron chi connectivity index (χ2n) is 7.15. The highest BCUT2D eigenvalue weighted by molar-refractivity contribution is 7.93. The Bertz CT molecular complexity index is 943. The zero-order valence-corrected chi connectivity index (χ0v) is 16.3. The summed E-state index contributed by atoms with van der Waals surface area (Å²) in [6.45, 7) is 3.68. The molecule has 27 heavy (non-hydrogen) atoms. The molecule has 1 saturated carbocycles. The number of aryl methyl sites for hydroxylation is 2. The molecule has 0 spiro atoms. The van der Waals surface area contributed by atoms with Crippen molar-refractivity contribution in [1.82, 2.24) is 0 Å². The summed E-state index contributed by atoms with van der Waals surface area (Å²) < 4.78 is 43.6. The minimum Gasteiger partial charge on any atom is -0.460 e. The number of sulfone groups is 1. The summed E-state index contributed by atoms with van der Waals surface area (Å²) in [4.78, 5) is 13.1. The molecule has 0 unspecified atom stereocenters. The van der Waals surface area contributed by atoms with Crippen LogP contribution in [0.4, 0.5) is 4.39 Å². The zero-order chi connectivity index (χ0) is 19.7. The van der Waals surface area contributed by atoms with Crippen molar-refractivity contribution in [2.75, 3.05) is 0 Å². The Hall–Kier alpha value is -2.21. The molecule has 1 aliphatic carbocycles. The largest absolute Gasteiger partial charge is 0.460 e. The number of hydrogen-bond acceptors (Lipinski definition) is 4. The monoisotopic (exact) mass is 390 g/mol. The van der Waals surface area contributed by atoms with Gasteiger partial charge in [0.2, 0.25) is 0 Å². The van der Waals surface area contributed by atoms with Crippen LogP contribution >= 0.6 is 0 Å². The first-order valence-electron chi connectivity index (χ1n) is 9.00. The molecule has 0 aliphatic heterocycles. The third-order valence-electron chi connectivity index (χ3n) is 5.37. The van der Waals surface area contributed by atoms with Crippen LogP contribution < -0.4 is 0 Å². The number of rotatable bonds is 5. The standard InChI is InChI=1S/C21H23FO4S/c1-15-5-10-19(13-16(15)2)27(24,25)21(11-3-4-12-21)20(23)26-14-17-6-8-18(22)9-7-17/h5-10,13H,3-4,11-12,14H2,1-2H3. The molecule has 2 aromatic carbocycles. The first-order chi connectivity index (χ1) is 12.8. The molecule has 1 aliphatic rings. The van der Waals surface area contributed by atoms with E-state index in [1.807, 2.05) is 13.8 Å². The van der Waals surface area contributed by atoms with E-state index in [-0.39, 0.29) is 30.2 Å². The molecule has 0 bridgehead atoms. The first-order valence-corrected chi connectivity index (χ1v) is 10.5. The summed E-state index contributed by atoms with van der Waals surface area (Å²) in [7, 11) is -3.88. The minimum atomic E-state index is -3.88. The highest BCUT2D eigenvalue weighted by Gasteiger charge is 2.54. The van der Waals surface area contributed by atoms with Crippen LogP contribution in [0, 0.1) is 19.7 Å². The van der Waals surface area contributed by atoms with Gasteiger partial charge in [-0.3, -0.25) is 4.79 Å². The van der Waals surface area contributed by atoms with Crippen LogP contribution in [0.1, 0.15) is 42.4 Å². The van der Waals surface area contributed by atoms with Crippen LogP contribution in [0.15, 0.2) is 47.4 Å². The summed E-state index contributed by atoms with van der Waals surface area (Å²) in [6.07, 6.45) is 1.83. The molecule has 3 rings (SSSR count). The topological polar surface area (TPSA) is 60.4 Å². The van der Waals surface area contributed by atoms with Crippen molar-refractivity contribution in [3.8, 4) is 0 Å². The van der Waals surface area contributed by atoms with Gasteiger partial charge in [0.25, 0.3) is 0 Å². The molecule has 0 saturated heterocycles. The molecule has 144 valence electrons. The Labute approximate surface area is 159 Å². The maximum atomic E-state index is 13.4. The number of hydrogen-bond donors (Lipinski definition) is 0. The van der Waals surface area contributed by atoms with Crippen molar-refractivity contribution in [2.45, 2.75) is 55.8 Å². The average Bonchev–Trinajstić information content (AvgIpc) is 3.15. The summed E-state index contributed by atoms with van der Waals surface area (Å²) in [5, 5.41) is 0. The Kier molecular flexibility index (Phi) is 5.38. The van der Waals surface area contributed by atoms with E-state index in [2.05, 4.69) is 0 Å². The van der Waals surface area contributed by atoms with Gasteiger partial charge < -0.3 is 4.74 Å². The molecule has 4 nitrogen and oxygen atoms in total. The van der Waals surface area contributed by atoms with E-state index in [0.717, 1.165) is 11.1 Å². The van der Waals surface area contributed by atoms with E-state index < -0.39 is 20.6 Å². The van der Waals surface area contributed by atoms with E-state index in [1.54, 1.807) is 18.2 Å². The molecule has 1 fully saturated rings. The summed E-state index contributed by atoms with van der Waals surface area (Å²) in [6, 6.07) is 10.5. The quantitative estimate of drug-likeness (QED) is 0.715. The number of ether oxygens (including phenoxy) is 1. The van der Waals surface area contributed by atoms with Gasteiger partial charge in [0.15, 0.2) is 14.6 Å². The van der Waals surface area contributed by atoms with Gasteiger partial charge in [-0.2, -0.15) is 0 Å². The SMILES string of the molecule is Cc1ccc(S(=O)(=O)C2(C(=O)OCc3ccc(F)cc3)CCCC2)cc1C. The summed E-state index contributed by atoms with van der Waals surface area (Å²) >= 11 is 0. The third-order valence-corrected chi connectivity index (χ3v) is 7.85. The number of carbonyl (C=O) groups excluding carboxylic acids is 1. The van der Waals surface area contributed by atoms with Gasteiger partial charge in [0.05, 0.1) is 4.90 Å². The molecule has 0 atom stereocenters. The molecule has 0 amide bonds. The van der Waals surface area contributed by atoms with Gasteiger partial charge in [-0.1, -0.05) is 31.0 Å². The Morgan fingerprint density at radius 3 is 2.26 bits per heavy atom. The molecule has 0 aromatic heterocycles. The van der Waals surface area contributed by atoms with Crippen molar-refractivity contribution in [1.29, 1.82) is 0 Å². The van der Waals surface area contributed by atoms with Crippen molar-refractivity contribution in [3.05, 3.63) is 65.0 Å². The van der Waals surface area contributed by atoms with E-state index in [4.69, 9.17) is 4.74 Å². The van der Waals surface area contributed by atoms with Crippen LogP contribution in [0.5, 0.6) is 0 Å². The van der Waals surface area contributed by atoms with E-state index >= 15 is 0 Å². The number of esters is 1. The van der Waals surface area contributed by atoms with Gasteiger partial charge in [0, 0.05) is 0 Å². The van der Waals surface area contributed by atoms with Crippen molar-refractivity contribution in [3.63, 3.8) is 0 Å². The van der Waals surface area contributed by atoms with Gasteiger partial charge in [-0.05, 0) is 67.6 Å². The van der Waals surface area contributed by atoms with Crippen LogP contribution in [-0.4, -0.2) is 19.1 Å².